The minimum Gasteiger partial charge on any atom is -0.489 e. The number of anilines is 12. The fourth-order valence-electron chi connectivity index (χ4n) is 15.8. The minimum atomic E-state index is -0.498. The molecular weight excluding hydrogens is 2010 g/mol. The molecule has 2 saturated heterocycles. The van der Waals surface area contributed by atoms with Gasteiger partial charge in [0.15, 0.2) is 34.9 Å². The highest BCUT2D eigenvalue weighted by Crippen LogP contribution is 2.44. The Hall–Kier alpha value is -15.6. The molecule has 3 atom stereocenters. The molecule has 149 heavy (non-hydrogen) atoms. The number of ether oxygens (including phenoxy) is 8. The predicted octanol–water partition coefficient (Wildman–Crippen LogP) is 22.5. The van der Waals surface area contributed by atoms with E-state index in [0.717, 1.165) is 149 Å². The Morgan fingerprint density at radius 1 is 0.349 bits per heavy atom. The first-order valence-corrected chi connectivity index (χ1v) is 52.9. The van der Waals surface area contributed by atoms with Crippen molar-refractivity contribution in [1.29, 1.82) is 0 Å². The molecule has 16 N–H and O–H groups in total. The van der Waals surface area contributed by atoms with Crippen molar-refractivity contribution in [2.24, 2.45) is 28.7 Å². The van der Waals surface area contributed by atoms with E-state index in [2.05, 4.69) is 97.1 Å². The molecule has 5 amide bonds. The first kappa shape index (κ1) is 106. The second-order valence-electron chi connectivity index (χ2n) is 35.5. The molecule has 14 heterocycles. The Balaban J connectivity index is 0.000000127. The number of hydrogen-bond donors (Lipinski definition) is 11. The van der Waals surface area contributed by atoms with Gasteiger partial charge in [-0.1, -0.05) is 6.92 Å². The third-order valence-electron chi connectivity index (χ3n) is 23.4. The van der Waals surface area contributed by atoms with Crippen LogP contribution in [-0.2, 0) is 9.47 Å². The van der Waals surface area contributed by atoms with Crippen molar-refractivity contribution in [3.63, 3.8) is 0 Å². The highest BCUT2D eigenvalue weighted by molar-refractivity contribution is 7.20. The topological polar surface area (TPSA) is 516 Å². The molecule has 1 saturated carbocycles. The number of nitrogens with two attached hydrogens (primary N) is 5. The zero-order valence-electron chi connectivity index (χ0n) is 83.5. The standard InChI is InChI=1S/C19H20N4O2S.C18H18N4O3S.C18H20N4O2S.C17H16FN3O2S.2C17H18N4O2S/c1-11-9-26-17-16(11)21-10-22-19(17)23-14-7-6-12(18(20)24)8-15(14)25-13-4-2-3-5-13;1-10-8-26-16-15(10)20-9-21-18(16)22-13-3-2-11(17(19)23)6-14(13)25-12-4-5-24-7-12;1-4-10(2)24-15-8-12(17(19)23)5-6-13(15)22-18-16-14(20-9-21-18)7-11(3)25-16;1-10-8-24-16-15(10)19-9-20-17(16)21-13-3-2-11(18)6-14(13)23-12-4-5-22-7-12;1-9(2)23-13-6-11(16(18)22)4-5-12(13)21-17-15-14(19-8-20-17)10(3)7-24-15;1-9(2)23-14-7-11(16(18)22)4-5-12(14)21-17-15-13(19-8-20-17)6-10(3)24-15/h6-10,13H,2-5H2,1H3,(H2,20,24)(H,21,22,23);2-3,6,8-9,12H,4-5,7H2,1H3,(H2,19,23)(H,20,21,22);5-10H,4H2,1-3H3,(H2,19,23)(H,20,21,22);2-3,6,8-9,12H,4-5,7H2,1H3,(H,19,20,21);2*4-9H,1-3H3,(H2,18,22)(H,19,20,21). The minimum absolute atomic E-state index is 0.0121. The maximum atomic E-state index is 13.7. The van der Waals surface area contributed by atoms with Crippen molar-refractivity contribution in [2.45, 2.75) is 165 Å². The lowest BCUT2D eigenvalue weighted by Gasteiger charge is -2.18. The number of fused-ring (bicyclic) bond motifs is 6. The molecule has 770 valence electrons. The summed E-state index contributed by atoms with van der Waals surface area (Å²) in [5.74, 6) is 4.81. The van der Waals surface area contributed by atoms with Gasteiger partial charge in [-0.25, -0.2) is 64.2 Å². The van der Waals surface area contributed by atoms with Crippen LogP contribution < -0.4 is 89.0 Å². The van der Waals surface area contributed by atoms with Crippen LogP contribution >= 0.6 is 68.0 Å². The number of nitrogens with one attached hydrogen (secondary N) is 6. The lowest BCUT2D eigenvalue weighted by atomic mass is 10.1. The Morgan fingerprint density at radius 2 is 0.624 bits per heavy atom. The van der Waals surface area contributed by atoms with Crippen molar-refractivity contribution >= 4 is 228 Å². The van der Waals surface area contributed by atoms with E-state index in [4.69, 9.17) is 66.6 Å². The second-order valence-corrected chi connectivity index (χ2v) is 41.6. The summed E-state index contributed by atoms with van der Waals surface area (Å²) in [5, 5.41) is 28.0. The molecule has 2 aliphatic heterocycles. The van der Waals surface area contributed by atoms with Gasteiger partial charge in [-0.2, -0.15) is 0 Å². The average Bonchev–Trinajstić information content (AvgIpc) is 1.66. The lowest BCUT2D eigenvalue weighted by molar-refractivity contribution is 0.0991. The monoisotopic (exact) mass is 2120 g/mol. The van der Waals surface area contributed by atoms with Crippen LogP contribution in [0, 0.1) is 47.4 Å². The van der Waals surface area contributed by atoms with Crippen LogP contribution in [0.4, 0.5) is 73.4 Å². The number of thiophene rings is 6. The van der Waals surface area contributed by atoms with E-state index in [-0.39, 0.29) is 42.4 Å². The molecule has 12 aromatic heterocycles. The van der Waals surface area contributed by atoms with E-state index < -0.39 is 29.5 Å². The average molecular weight is 2130 g/mol. The lowest BCUT2D eigenvalue weighted by Crippen LogP contribution is -2.17. The van der Waals surface area contributed by atoms with Crippen molar-refractivity contribution in [1.82, 2.24) is 59.8 Å². The first-order valence-electron chi connectivity index (χ1n) is 47.7. The Kier molecular flexibility index (Phi) is 34.8. The maximum Gasteiger partial charge on any atom is 0.248 e. The summed E-state index contributed by atoms with van der Waals surface area (Å²) in [6, 6.07) is 34.1. The number of aromatic nitrogens is 12. The van der Waals surface area contributed by atoms with E-state index in [1.54, 1.807) is 165 Å². The summed E-state index contributed by atoms with van der Waals surface area (Å²) >= 11 is 9.60. The largest absolute Gasteiger partial charge is 0.489 e. The Morgan fingerprint density at radius 3 is 0.919 bits per heavy atom. The molecule has 18 aromatic rings. The van der Waals surface area contributed by atoms with Crippen molar-refractivity contribution in [2.75, 3.05) is 58.3 Å². The molecule has 0 bridgehead atoms. The predicted molar refractivity (Wildman–Crippen MR) is 588 cm³/mol. The number of nitrogens with zero attached hydrogens (tertiary/aromatic N) is 12. The zero-order valence-corrected chi connectivity index (χ0v) is 88.3. The Labute approximate surface area is 880 Å². The Bertz CT molecular complexity index is 7660. The normalized spacial score (nSPS) is 13.8. The third kappa shape index (κ3) is 26.9. The van der Waals surface area contributed by atoms with Crippen LogP contribution in [0.15, 0.2) is 181 Å². The summed E-state index contributed by atoms with van der Waals surface area (Å²) in [7, 11) is 0. The molecule has 0 spiro atoms. The van der Waals surface area contributed by atoms with Gasteiger partial charge < -0.3 is 98.5 Å². The van der Waals surface area contributed by atoms with Gasteiger partial charge >= 0.3 is 0 Å². The zero-order chi connectivity index (χ0) is 105. The van der Waals surface area contributed by atoms with Crippen LogP contribution in [0.3, 0.4) is 0 Å². The fraction of sp³-hybridized carbons (Fsp3) is 0.274. The first-order chi connectivity index (χ1) is 71.8. The van der Waals surface area contributed by atoms with E-state index in [1.165, 1.54) is 61.5 Å². The number of carbonyl (C=O) groups is 5. The summed E-state index contributed by atoms with van der Waals surface area (Å²) < 4.78 is 65.9. The van der Waals surface area contributed by atoms with Crippen LogP contribution in [0.5, 0.6) is 34.5 Å². The van der Waals surface area contributed by atoms with E-state index >= 15 is 0 Å². The number of carbonyl (C=O) groups excluding carboxylic acids is 5. The summed E-state index contributed by atoms with van der Waals surface area (Å²) in [5.41, 5.74) is 43.3. The number of amides is 5. The molecule has 6 aromatic carbocycles. The van der Waals surface area contributed by atoms with Crippen LogP contribution in [0.2, 0.25) is 0 Å². The molecule has 43 heteroatoms. The number of halogens is 1. The number of rotatable bonds is 30. The molecule has 1 aliphatic carbocycles. The van der Waals surface area contributed by atoms with Crippen LogP contribution in [0.1, 0.15) is 170 Å². The molecule has 0 radical (unpaired) electrons. The molecule has 3 fully saturated rings. The van der Waals surface area contributed by atoms with Gasteiger partial charge in [-0.15, -0.1) is 68.0 Å². The van der Waals surface area contributed by atoms with E-state index in [1.807, 2.05) is 117 Å². The number of benzene rings is 6. The smallest absolute Gasteiger partial charge is 0.248 e. The highest BCUT2D eigenvalue weighted by atomic mass is 32.1. The summed E-state index contributed by atoms with van der Waals surface area (Å²) in [6.07, 6.45) is 16.1. The maximum absolute atomic E-state index is 13.7. The van der Waals surface area contributed by atoms with Crippen molar-refractivity contribution < 1.29 is 66.3 Å². The third-order valence-corrected chi connectivity index (χ3v) is 29.8. The van der Waals surface area contributed by atoms with Crippen molar-refractivity contribution in [3.05, 3.63) is 246 Å². The number of primary amides is 5. The van der Waals surface area contributed by atoms with Gasteiger partial charge in [0.05, 0.1) is 146 Å². The van der Waals surface area contributed by atoms with Crippen LogP contribution in [-0.4, -0.2) is 152 Å². The van der Waals surface area contributed by atoms with Gasteiger partial charge in [-0.3, -0.25) is 24.0 Å². The molecule has 36 nitrogen and oxygen atoms in total. The SMILES string of the molecule is CCC(C)Oc1cc(C(N)=O)ccc1Nc1ncnc2cc(C)sc12.Cc1cc2ncnc(Nc3ccc(C(N)=O)cc3OC(C)C)c2s1.Cc1csc2c(Nc3ccc(C(N)=O)cc3OC(C)C)ncnc12.Cc1csc2c(Nc3ccc(C(N)=O)cc3OC3CCCC3)ncnc12.Cc1csc2c(Nc3ccc(C(N)=O)cc3OC3CCOC3)ncnc12.Cc1csc2c(Nc3ccc(F)cc3OC3CCOC3)ncnc12. The van der Waals surface area contributed by atoms with Gasteiger partial charge in [-0.05, 0) is 267 Å². The quantitative estimate of drug-likeness (QED) is 0.0199. The van der Waals surface area contributed by atoms with E-state index in [9.17, 15) is 28.4 Å². The van der Waals surface area contributed by atoms with Gasteiger partial charge in [0.25, 0.3) is 0 Å². The fourth-order valence-corrected chi connectivity index (χ4v) is 21.4. The molecule has 21 rings (SSSR count). The summed E-state index contributed by atoms with van der Waals surface area (Å²) in [6.45, 7) is 26.3. The number of aryl methyl sites for hydroxylation is 6. The van der Waals surface area contributed by atoms with Gasteiger partial charge in [0.1, 0.15) is 90.5 Å². The van der Waals surface area contributed by atoms with Gasteiger partial charge in [0.2, 0.25) is 29.5 Å². The molecular formula is C106H110FN23O13S6. The highest BCUT2D eigenvalue weighted by Gasteiger charge is 2.27. The van der Waals surface area contributed by atoms with E-state index in [0.29, 0.717) is 129 Å². The number of hydrogen-bond acceptors (Lipinski definition) is 37. The second kappa shape index (κ2) is 48.8. The van der Waals surface area contributed by atoms with Crippen molar-refractivity contribution in [3.8, 4) is 34.5 Å². The van der Waals surface area contributed by atoms with Crippen LogP contribution in [0.25, 0.3) is 61.3 Å². The summed E-state index contributed by atoms with van der Waals surface area (Å²) in [4.78, 5) is 112. The molecule has 3 unspecified atom stereocenters. The molecule has 3 aliphatic rings. The van der Waals surface area contributed by atoms with Gasteiger partial charge in [0, 0.05) is 56.5 Å².